The van der Waals surface area contributed by atoms with Gasteiger partial charge in [0.25, 0.3) is 0 Å². The van der Waals surface area contributed by atoms with E-state index in [1.165, 1.54) is 0 Å². The van der Waals surface area contributed by atoms with Gasteiger partial charge in [-0.3, -0.25) is 9.59 Å². The first-order chi connectivity index (χ1) is 12.0. The first-order valence-corrected chi connectivity index (χ1v) is 8.47. The van der Waals surface area contributed by atoms with Crippen molar-refractivity contribution in [1.29, 1.82) is 0 Å². The van der Waals surface area contributed by atoms with Crippen LogP contribution >= 0.6 is 0 Å². The van der Waals surface area contributed by atoms with E-state index in [2.05, 4.69) is 0 Å². The number of likely N-dealkylation sites (tertiary alicyclic amines) is 1. The van der Waals surface area contributed by atoms with Crippen LogP contribution in [0.4, 0.5) is 0 Å². The molecular weight excluding hydrogens is 318 g/mol. The number of hydrogen-bond donors (Lipinski definition) is 1. The van der Waals surface area contributed by atoms with E-state index < -0.39 is 11.9 Å². The maximum atomic E-state index is 12.6. The predicted octanol–water partition coefficient (Wildman–Crippen LogP) is 3.45. The topological polar surface area (TPSA) is 70.8 Å². The van der Waals surface area contributed by atoms with Crippen molar-refractivity contribution in [2.45, 2.75) is 25.8 Å². The average Bonchev–Trinajstić information content (AvgIpc) is 3.17. The Morgan fingerprint density at radius 3 is 2.76 bits per heavy atom. The molecule has 1 N–H and O–H groups in total. The number of fused-ring (bicyclic) bond motifs is 3. The predicted molar refractivity (Wildman–Crippen MR) is 94.3 cm³/mol. The molecule has 2 aromatic carbocycles. The number of nitrogens with zero attached hydrogens (tertiary/aromatic N) is 1. The molecule has 1 amide bonds. The largest absolute Gasteiger partial charge is 0.481 e. The van der Waals surface area contributed by atoms with Crippen LogP contribution in [0.1, 0.15) is 19.1 Å². The van der Waals surface area contributed by atoms with E-state index in [4.69, 9.17) is 4.42 Å². The summed E-state index contributed by atoms with van der Waals surface area (Å²) in [5.74, 6) is -0.788. The highest BCUT2D eigenvalue weighted by molar-refractivity contribution is 6.06. The Labute approximate surface area is 144 Å². The van der Waals surface area contributed by atoms with E-state index in [1.54, 1.807) is 11.8 Å². The van der Waals surface area contributed by atoms with Crippen molar-refractivity contribution in [3.63, 3.8) is 0 Å². The number of hydrogen-bond acceptors (Lipinski definition) is 3. The molecule has 5 heteroatoms. The van der Waals surface area contributed by atoms with Crippen molar-refractivity contribution in [2.24, 2.45) is 5.92 Å². The lowest BCUT2D eigenvalue weighted by molar-refractivity contribution is -0.143. The van der Waals surface area contributed by atoms with Crippen molar-refractivity contribution in [1.82, 2.24) is 4.90 Å². The molecule has 0 spiro atoms. The van der Waals surface area contributed by atoms with Gasteiger partial charge in [0.2, 0.25) is 5.91 Å². The van der Waals surface area contributed by atoms with Gasteiger partial charge in [-0.1, -0.05) is 30.3 Å². The minimum Gasteiger partial charge on any atom is -0.481 e. The van der Waals surface area contributed by atoms with Crippen LogP contribution in [0.25, 0.3) is 21.7 Å². The van der Waals surface area contributed by atoms with Crippen molar-refractivity contribution in [3.8, 4) is 0 Å². The molecule has 1 aromatic heterocycles. The van der Waals surface area contributed by atoms with Gasteiger partial charge in [-0.05, 0) is 36.2 Å². The molecule has 1 fully saturated rings. The number of aliphatic carboxylic acids is 1. The number of carboxylic acid groups (broad SMARTS) is 1. The van der Waals surface area contributed by atoms with Crippen LogP contribution in [0.3, 0.4) is 0 Å². The van der Waals surface area contributed by atoms with Gasteiger partial charge in [-0.25, -0.2) is 0 Å². The summed E-state index contributed by atoms with van der Waals surface area (Å²) in [6.07, 6.45) is 0.659. The molecule has 2 unspecified atom stereocenters. The van der Waals surface area contributed by atoms with Crippen LogP contribution in [0.5, 0.6) is 0 Å². The minimum atomic E-state index is -0.835. The molecular formula is C20H19NO4. The first-order valence-electron chi connectivity index (χ1n) is 8.47. The third-order valence-electron chi connectivity index (χ3n) is 5.20. The zero-order valence-electron chi connectivity index (χ0n) is 13.9. The summed E-state index contributed by atoms with van der Waals surface area (Å²) in [5.41, 5.74) is 0.763. The SMILES string of the molecule is CC1C(C(=O)O)CCN1C(=O)Cc1cc2c(ccc3ccccc32)o1. The number of amides is 1. The molecule has 4 rings (SSSR count). The van der Waals surface area contributed by atoms with E-state index in [0.717, 1.165) is 21.7 Å². The molecule has 2 atom stereocenters. The highest BCUT2D eigenvalue weighted by atomic mass is 16.4. The Morgan fingerprint density at radius 1 is 1.20 bits per heavy atom. The van der Waals surface area contributed by atoms with Gasteiger partial charge in [0, 0.05) is 18.0 Å². The quantitative estimate of drug-likeness (QED) is 0.795. The Balaban J connectivity index is 1.60. The molecule has 25 heavy (non-hydrogen) atoms. The van der Waals surface area contributed by atoms with Crippen LogP contribution in [-0.4, -0.2) is 34.5 Å². The second kappa shape index (κ2) is 5.92. The molecule has 0 bridgehead atoms. The fourth-order valence-corrected chi connectivity index (χ4v) is 3.80. The average molecular weight is 337 g/mol. The lowest BCUT2D eigenvalue weighted by Gasteiger charge is -2.22. The zero-order valence-corrected chi connectivity index (χ0v) is 13.9. The van der Waals surface area contributed by atoms with Crippen molar-refractivity contribution in [3.05, 3.63) is 48.2 Å². The van der Waals surface area contributed by atoms with Gasteiger partial charge in [0.05, 0.1) is 12.3 Å². The van der Waals surface area contributed by atoms with Gasteiger partial charge in [-0.2, -0.15) is 0 Å². The first kappa shape index (κ1) is 15.7. The second-order valence-electron chi connectivity index (χ2n) is 6.65. The van der Waals surface area contributed by atoms with E-state index in [1.807, 2.05) is 42.5 Å². The number of carbonyl (C=O) groups excluding carboxylic acids is 1. The lowest BCUT2D eigenvalue weighted by Crippen LogP contribution is -2.38. The summed E-state index contributed by atoms with van der Waals surface area (Å²) < 4.78 is 5.85. The summed E-state index contributed by atoms with van der Waals surface area (Å²) >= 11 is 0. The van der Waals surface area contributed by atoms with Crippen molar-refractivity contribution < 1.29 is 19.1 Å². The van der Waals surface area contributed by atoms with Gasteiger partial charge in [0.1, 0.15) is 11.3 Å². The minimum absolute atomic E-state index is 0.0837. The van der Waals surface area contributed by atoms with Crippen LogP contribution in [0.2, 0.25) is 0 Å². The number of furan rings is 1. The number of rotatable bonds is 3. The van der Waals surface area contributed by atoms with Crippen LogP contribution in [-0.2, 0) is 16.0 Å². The zero-order chi connectivity index (χ0) is 17.6. The van der Waals surface area contributed by atoms with E-state index in [-0.39, 0.29) is 18.4 Å². The van der Waals surface area contributed by atoms with Crippen LogP contribution < -0.4 is 0 Å². The van der Waals surface area contributed by atoms with E-state index in [9.17, 15) is 14.7 Å². The molecule has 1 aliphatic heterocycles. The molecule has 3 aromatic rings. The summed E-state index contributed by atoms with van der Waals surface area (Å²) in [5, 5.41) is 12.4. The second-order valence-corrected chi connectivity index (χ2v) is 6.65. The highest BCUT2D eigenvalue weighted by Gasteiger charge is 2.38. The smallest absolute Gasteiger partial charge is 0.308 e. The van der Waals surface area contributed by atoms with Crippen molar-refractivity contribution in [2.75, 3.05) is 6.54 Å². The fourth-order valence-electron chi connectivity index (χ4n) is 3.80. The van der Waals surface area contributed by atoms with E-state index >= 15 is 0 Å². The molecule has 5 nitrogen and oxygen atoms in total. The van der Waals surface area contributed by atoms with Crippen LogP contribution in [0, 0.1) is 5.92 Å². The third kappa shape index (κ3) is 2.65. The Morgan fingerprint density at radius 2 is 2.00 bits per heavy atom. The molecule has 0 aliphatic carbocycles. The van der Waals surface area contributed by atoms with Crippen molar-refractivity contribution >= 4 is 33.6 Å². The van der Waals surface area contributed by atoms with Gasteiger partial charge in [0.15, 0.2) is 0 Å². The molecule has 1 aliphatic rings. The Bertz CT molecular complexity index is 974. The van der Waals surface area contributed by atoms with Crippen LogP contribution in [0.15, 0.2) is 46.9 Å². The number of carboxylic acids is 1. The van der Waals surface area contributed by atoms with Gasteiger partial charge in [-0.15, -0.1) is 0 Å². The summed E-state index contributed by atoms with van der Waals surface area (Å²) in [6.45, 7) is 2.29. The Hall–Kier alpha value is -2.82. The maximum Gasteiger partial charge on any atom is 0.308 e. The standard InChI is InChI=1S/C20H19NO4/c1-12-15(20(23)24)8-9-21(12)19(22)11-14-10-17-16-5-3-2-4-13(16)6-7-18(17)25-14/h2-7,10,12,15H,8-9,11H2,1H3,(H,23,24). The fraction of sp³-hybridized carbons (Fsp3) is 0.300. The maximum absolute atomic E-state index is 12.6. The number of benzene rings is 2. The third-order valence-corrected chi connectivity index (χ3v) is 5.20. The summed E-state index contributed by atoms with van der Waals surface area (Å²) in [4.78, 5) is 25.5. The Kier molecular flexibility index (Phi) is 3.71. The molecule has 2 heterocycles. The monoisotopic (exact) mass is 337 g/mol. The molecule has 1 saturated heterocycles. The molecule has 0 radical (unpaired) electrons. The normalized spacial score (nSPS) is 20.4. The summed E-state index contributed by atoms with van der Waals surface area (Å²) in [7, 11) is 0. The molecule has 128 valence electrons. The van der Waals surface area contributed by atoms with E-state index in [0.29, 0.717) is 18.7 Å². The number of carbonyl (C=O) groups is 2. The van der Waals surface area contributed by atoms with Gasteiger partial charge >= 0.3 is 5.97 Å². The van der Waals surface area contributed by atoms with Gasteiger partial charge < -0.3 is 14.4 Å². The summed E-state index contributed by atoms with van der Waals surface area (Å²) in [6, 6.07) is 13.6. The highest BCUT2D eigenvalue weighted by Crippen LogP contribution is 2.29. The molecule has 0 saturated carbocycles. The lowest BCUT2D eigenvalue weighted by atomic mass is 10.0.